The van der Waals surface area contributed by atoms with Gasteiger partial charge in [-0.1, -0.05) is 51.3 Å². The third-order valence-electron chi connectivity index (χ3n) is 7.74. The highest BCUT2D eigenvalue weighted by Gasteiger charge is 2.27. The SMILES string of the molecule is C=C(C)c1cc(F)ccc1CCCNCCN(C)c1c(F)c(N2CCC2)nc2cc([C@@H](C)CCCCC)nn12. The minimum absolute atomic E-state index is 0.233. The number of aryl methyl sites for hydroxylation is 1. The summed E-state index contributed by atoms with van der Waals surface area (Å²) in [5, 5.41) is 8.32. The number of rotatable bonds is 15. The lowest BCUT2D eigenvalue weighted by atomic mass is 9.98. The van der Waals surface area contributed by atoms with E-state index in [-0.39, 0.29) is 11.6 Å². The van der Waals surface area contributed by atoms with Crippen LogP contribution in [0.3, 0.4) is 0 Å². The smallest absolute Gasteiger partial charge is 0.208 e. The average Bonchev–Trinajstić information content (AvgIpc) is 3.29. The first-order valence-electron chi connectivity index (χ1n) is 14.5. The molecule has 1 aliphatic rings. The predicted octanol–water partition coefficient (Wildman–Crippen LogP) is 6.59. The zero-order valence-electron chi connectivity index (χ0n) is 24.1. The Morgan fingerprint density at radius 2 is 1.95 bits per heavy atom. The third-order valence-corrected chi connectivity index (χ3v) is 7.74. The lowest BCUT2D eigenvalue weighted by Gasteiger charge is -2.33. The van der Waals surface area contributed by atoms with Gasteiger partial charge >= 0.3 is 0 Å². The summed E-state index contributed by atoms with van der Waals surface area (Å²) in [4.78, 5) is 8.65. The summed E-state index contributed by atoms with van der Waals surface area (Å²) in [7, 11) is 1.92. The molecular weight excluding hydrogens is 494 g/mol. The molecule has 1 atom stereocenters. The summed E-state index contributed by atoms with van der Waals surface area (Å²) in [6.07, 6.45) is 7.46. The van der Waals surface area contributed by atoms with Crippen LogP contribution in [0.5, 0.6) is 0 Å². The maximum Gasteiger partial charge on any atom is 0.208 e. The van der Waals surface area contributed by atoms with Gasteiger partial charge < -0.3 is 15.1 Å². The minimum atomic E-state index is -0.304. The zero-order valence-corrected chi connectivity index (χ0v) is 24.1. The predicted molar refractivity (Wildman–Crippen MR) is 158 cm³/mol. The maximum absolute atomic E-state index is 15.9. The standard InChI is InChI=1S/C31H44F2N6/c1-6-7-8-11-23(4)27-21-28-35-30(38-17-10-18-38)29(33)31(39(28)36-27)37(5)19-16-34-15-9-12-24-13-14-25(32)20-26(24)22(2)3/h13-14,20-21,23,34H,2,6-12,15-19H2,1,3-5H3/t23-/m0/s1. The van der Waals surface area contributed by atoms with Crippen LogP contribution >= 0.6 is 0 Å². The van der Waals surface area contributed by atoms with Crippen molar-refractivity contribution in [3.8, 4) is 0 Å². The number of allylic oxidation sites excluding steroid dienone is 1. The van der Waals surface area contributed by atoms with E-state index in [1.165, 1.54) is 25.3 Å². The zero-order chi connectivity index (χ0) is 27.9. The van der Waals surface area contributed by atoms with Gasteiger partial charge in [-0.2, -0.15) is 14.0 Å². The van der Waals surface area contributed by atoms with Crippen molar-refractivity contribution in [2.24, 2.45) is 0 Å². The van der Waals surface area contributed by atoms with Crippen LogP contribution in [-0.2, 0) is 6.42 Å². The first-order valence-corrected chi connectivity index (χ1v) is 14.5. The highest BCUT2D eigenvalue weighted by atomic mass is 19.1. The first kappa shape index (κ1) is 29.0. The van der Waals surface area contributed by atoms with E-state index >= 15 is 4.39 Å². The molecule has 0 saturated carbocycles. The van der Waals surface area contributed by atoms with Crippen molar-refractivity contribution in [2.75, 3.05) is 49.6 Å². The Bertz CT molecular complexity index is 1270. The second-order valence-corrected chi connectivity index (χ2v) is 11.0. The highest BCUT2D eigenvalue weighted by molar-refractivity contribution is 5.64. The van der Waals surface area contributed by atoms with Crippen molar-refractivity contribution in [2.45, 2.75) is 71.6 Å². The molecule has 3 aromatic rings. The topological polar surface area (TPSA) is 48.7 Å². The Kier molecular flexibility index (Phi) is 9.94. The number of hydrogen-bond donors (Lipinski definition) is 1. The minimum Gasteiger partial charge on any atom is -0.356 e. The largest absolute Gasteiger partial charge is 0.356 e. The number of aromatic nitrogens is 3. The van der Waals surface area contributed by atoms with E-state index in [4.69, 9.17) is 10.1 Å². The van der Waals surface area contributed by atoms with Crippen LogP contribution in [0.15, 0.2) is 30.8 Å². The van der Waals surface area contributed by atoms with Crippen LogP contribution in [-0.4, -0.2) is 54.4 Å². The van der Waals surface area contributed by atoms with Crippen LogP contribution in [0.2, 0.25) is 0 Å². The summed E-state index contributed by atoms with van der Waals surface area (Å²) >= 11 is 0. The molecule has 212 valence electrons. The summed E-state index contributed by atoms with van der Waals surface area (Å²) in [6.45, 7) is 14.1. The number of halogens is 2. The number of nitrogens with zero attached hydrogens (tertiary/aromatic N) is 5. The van der Waals surface area contributed by atoms with Crippen LogP contribution in [0.4, 0.5) is 20.4 Å². The molecule has 1 aliphatic heterocycles. The van der Waals surface area contributed by atoms with E-state index in [0.29, 0.717) is 36.3 Å². The molecule has 3 heterocycles. The molecule has 4 rings (SSSR count). The fourth-order valence-electron chi connectivity index (χ4n) is 5.18. The maximum atomic E-state index is 15.9. The van der Waals surface area contributed by atoms with Crippen molar-refractivity contribution in [3.63, 3.8) is 0 Å². The van der Waals surface area contributed by atoms with Crippen LogP contribution in [0, 0.1) is 11.6 Å². The quantitative estimate of drug-likeness (QED) is 0.221. The van der Waals surface area contributed by atoms with E-state index in [9.17, 15) is 4.39 Å². The Morgan fingerprint density at radius 1 is 1.15 bits per heavy atom. The summed E-state index contributed by atoms with van der Waals surface area (Å²) in [6, 6.07) is 6.95. The monoisotopic (exact) mass is 538 g/mol. The van der Waals surface area contributed by atoms with E-state index in [2.05, 4.69) is 25.7 Å². The molecule has 1 saturated heterocycles. The van der Waals surface area contributed by atoms with Gasteiger partial charge in [0, 0.05) is 45.2 Å². The van der Waals surface area contributed by atoms with Crippen LogP contribution < -0.4 is 15.1 Å². The Hall–Kier alpha value is -3.00. The molecule has 39 heavy (non-hydrogen) atoms. The van der Waals surface area contributed by atoms with Crippen molar-refractivity contribution < 1.29 is 8.78 Å². The summed E-state index contributed by atoms with van der Waals surface area (Å²) in [5.74, 6) is 0.666. The first-order chi connectivity index (χ1) is 18.8. The summed E-state index contributed by atoms with van der Waals surface area (Å²) < 4.78 is 31.2. The van der Waals surface area contributed by atoms with Crippen molar-refractivity contribution >= 4 is 22.9 Å². The average molecular weight is 539 g/mol. The van der Waals surface area contributed by atoms with Crippen molar-refractivity contribution in [1.82, 2.24) is 19.9 Å². The second-order valence-electron chi connectivity index (χ2n) is 11.0. The van der Waals surface area contributed by atoms with Gasteiger partial charge in [-0.25, -0.2) is 9.37 Å². The van der Waals surface area contributed by atoms with Gasteiger partial charge in [-0.15, -0.1) is 0 Å². The van der Waals surface area contributed by atoms with Gasteiger partial charge in [0.1, 0.15) is 5.82 Å². The molecule has 0 spiro atoms. The fraction of sp³-hybridized carbons (Fsp3) is 0.548. The molecule has 1 fully saturated rings. The molecule has 0 amide bonds. The number of benzene rings is 1. The number of fused-ring (bicyclic) bond motifs is 1. The van der Waals surface area contributed by atoms with Crippen molar-refractivity contribution in [1.29, 1.82) is 0 Å². The Morgan fingerprint density at radius 3 is 2.64 bits per heavy atom. The number of hydrogen-bond acceptors (Lipinski definition) is 5. The lowest BCUT2D eigenvalue weighted by molar-refractivity contribution is 0.549. The second kappa shape index (κ2) is 13.4. The van der Waals surface area contributed by atoms with Crippen LogP contribution in [0.25, 0.3) is 11.2 Å². The lowest BCUT2D eigenvalue weighted by Crippen LogP contribution is -2.39. The van der Waals surface area contributed by atoms with Gasteiger partial charge in [0.25, 0.3) is 0 Å². The number of nitrogens with one attached hydrogen (secondary N) is 1. The number of likely N-dealkylation sites (N-methyl/N-ethyl adjacent to an activating group) is 1. The number of anilines is 2. The van der Waals surface area contributed by atoms with Gasteiger partial charge in [0.2, 0.25) is 5.82 Å². The molecule has 1 N–H and O–H groups in total. The molecule has 0 radical (unpaired) electrons. The van der Waals surface area contributed by atoms with Crippen LogP contribution in [0.1, 0.15) is 82.0 Å². The fourth-order valence-corrected chi connectivity index (χ4v) is 5.18. The highest BCUT2D eigenvalue weighted by Crippen LogP contribution is 2.32. The van der Waals surface area contributed by atoms with E-state index in [1.54, 1.807) is 10.6 Å². The third kappa shape index (κ3) is 6.96. The molecule has 8 heteroatoms. The molecular formula is C31H44F2N6. The Labute approximate surface area is 232 Å². The molecule has 6 nitrogen and oxygen atoms in total. The number of unbranched alkanes of at least 4 members (excludes halogenated alkanes) is 2. The molecule has 2 aromatic heterocycles. The molecule has 0 aliphatic carbocycles. The van der Waals surface area contributed by atoms with Crippen molar-refractivity contribution in [3.05, 3.63) is 59.3 Å². The van der Waals surface area contributed by atoms with Gasteiger partial charge in [-0.3, -0.25) is 0 Å². The molecule has 1 aromatic carbocycles. The Balaban J connectivity index is 1.40. The van der Waals surface area contributed by atoms with E-state index in [1.807, 2.05) is 35.9 Å². The molecule has 0 bridgehead atoms. The van der Waals surface area contributed by atoms with E-state index < -0.39 is 0 Å². The molecule has 0 unspecified atom stereocenters. The van der Waals surface area contributed by atoms with Gasteiger partial charge in [-0.05, 0) is 62.4 Å². The summed E-state index contributed by atoms with van der Waals surface area (Å²) in [5.41, 5.74) is 4.56. The van der Waals surface area contributed by atoms with E-state index in [0.717, 1.165) is 67.7 Å². The normalized spacial score (nSPS) is 14.1. The van der Waals surface area contributed by atoms with Gasteiger partial charge in [0.05, 0.1) is 5.69 Å². The van der Waals surface area contributed by atoms with Gasteiger partial charge in [0.15, 0.2) is 17.3 Å².